The summed E-state index contributed by atoms with van der Waals surface area (Å²) < 4.78 is 7.47. The number of thioether (sulfide) groups is 1. The number of para-hydroxylation sites is 2. The number of hydrogen-bond donors (Lipinski definition) is 0. The van der Waals surface area contributed by atoms with Gasteiger partial charge in [0.15, 0.2) is 16.6 Å². The maximum Gasteiger partial charge on any atom is 0.262 e. The van der Waals surface area contributed by atoms with Gasteiger partial charge in [-0.25, -0.2) is 9.97 Å². The fraction of sp³-hybridized carbons (Fsp3) is 0.350. The van der Waals surface area contributed by atoms with E-state index in [4.69, 9.17) is 9.40 Å². The number of hydrogen-bond acceptors (Lipinski definition) is 6. The van der Waals surface area contributed by atoms with Crippen LogP contribution in [0.15, 0.2) is 38.6 Å². The van der Waals surface area contributed by atoms with E-state index >= 15 is 0 Å². The first-order valence-electron chi connectivity index (χ1n) is 9.19. The van der Waals surface area contributed by atoms with E-state index in [1.807, 2.05) is 31.3 Å². The fourth-order valence-corrected chi connectivity index (χ4v) is 5.86. The lowest BCUT2D eigenvalue weighted by Crippen LogP contribution is -2.20. The summed E-state index contributed by atoms with van der Waals surface area (Å²) >= 11 is 3.33. The number of nitrogens with zero attached hydrogens (tertiary/aromatic N) is 3. The highest BCUT2D eigenvalue weighted by Gasteiger charge is 2.22. The van der Waals surface area contributed by atoms with Crippen molar-refractivity contribution < 1.29 is 4.42 Å². The number of thiophene rings is 1. The van der Waals surface area contributed by atoms with Crippen molar-refractivity contribution in [2.24, 2.45) is 7.05 Å². The van der Waals surface area contributed by atoms with Crippen LogP contribution in [0.3, 0.4) is 0 Å². The molecule has 138 valence electrons. The third-order valence-electron chi connectivity index (χ3n) is 5.01. The van der Waals surface area contributed by atoms with E-state index in [2.05, 4.69) is 4.98 Å². The quantitative estimate of drug-likeness (QED) is 0.285. The molecule has 5 rings (SSSR count). The predicted octanol–water partition coefficient (Wildman–Crippen LogP) is 4.35. The van der Waals surface area contributed by atoms with Crippen molar-refractivity contribution in [2.75, 3.05) is 5.75 Å². The first-order chi connectivity index (χ1) is 13.2. The van der Waals surface area contributed by atoms with Gasteiger partial charge in [0.1, 0.15) is 10.3 Å². The van der Waals surface area contributed by atoms with Crippen molar-refractivity contribution in [3.8, 4) is 0 Å². The Morgan fingerprint density at radius 3 is 3.04 bits per heavy atom. The molecule has 0 fully saturated rings. The number of aromatic nitrogens is 3. The van der Waals surface area contributed by atoms with Crippen LogP contribution in [0.1, 0.15) is 29.2 Å². The highest BCUT2D eigenvalue weighted by Crippen LogP contribution is 2.35. The minimum absolute atomic E-state index is 0.0980. The maximum absolute atomic E-state index is 12.8. The molecular formula is C20H19N3O2S2. The Bertz CT molecular complexity index is 1170. The highest BCUT2D eigenvalue weighted by atomic mass is 32.2. The molecule has 0 saturated heterocycles. The summed E-state index contributed by atoms with van der Waals surface area (Å²) in [6.07, 6.45) is 4.97. The Labute approximate surface area is 164 Å². The van der Waals surface area contributed by atoms with Crippen molar-refractivity contribution in [2.45, 2.75) is 37.3 Å². The largest absolute Gasteiger partial charge is 0.441 e. The smallest absolute Gasteiger partial charge is 0.262 e. The zero-order valence-electron chi connectivity index (χ0n) is 15.0. The van der Waals surface area contributed by atoms with Gasteiger partial charge in [0, 0.05) is 24.1 Å². The molecule has 0 bridgehead atoms. The molecule has 0 atom stereocenters. The van der Waals surface area contributed by atoms with Crippen LogP contribution in [0.4, 0.5) is 0 Å². The average molecular weight is 398 g/mol. The van der Waals surface area contributed by atoms with Gasteiger partial charge in [-0.3, -0.25) is 9.36 Å². The van der Waals surface area contributed by atoms with Gasteiger partial charge in [-0.05, 0) is 43.4 Å². The van der Waals surface area contributed by atoms with E-state index in [0.717, 1.165) is 70.2 Å². The molecule has 0 radical (unpaired) electrons. The second kappa shape index (κ2) is 6.80. The molecule has 7 heteroatoms. The summed E-state index contributed by atoms with van der Waals surface area (Å²) in [5.41, 5.74) is 3.08. The minimum atomic E-state index is 0.0980. The molecule has 0 unspecified atom stereocenters. The third kappa shape index (κ3) is 2.99. The van der Waals surface area contributed by atoms with Gasteiger partial charge in [-0.1, -0.05) is 23.9 Å². The molecule has 27 heavy (non-hydrogen) atoms. The van der Waals surface area contributed by atoms with Crippen LogP contribution in [0.5, 0.6) is 0 Å². The van der Waals surface area contributed by atoms with Gasteiger partial charge in [-0.2, -0.15) is 0 Å². The first kappa shape index (κ1) is 17.0. The molecule has 0 aliphatic heterocycles. The SMILES string of the molecule is Cn1c(SCCCc2nc3ccccc3o2)nc2sc3c(c2c1=O)CCC3. The summed E-state index contributed by atoms with van der Waals surface area (Å²) in [6, 6.07) is 7.82. The molecule has 3 heterocycles. The molecule has 1 aromatic carbocycles. The van der Waals surface area contributed by atoms with Crippen molar-refractivity contribution in [3.63, 3.8) is 0 Å². The van der Waals surface area contributed by atoms with E-state index in [1.54, 1.807) is 27.7 Å². The lowest BCUT2D eigenvalue weighted by Gasteiger charge is -2.07. The predicted molar refractivity (Wildman–Crippen MR) is 110 cm³/mol. The molecule has 1 aliphatic carbocycles. The van der Waals surface area contributed by atoms with Gasteiger partial charge >= 0.3 is 0 Å². The molecule has 0 N–H and O–H groups in total. The monoisotopic (exact) mass is 397 g/mol. The van der Waals surface area contributed by atoms with Crippen LogP contribution in [0.25, 0.3) is 21.3 Å². The first-order valence-corrected chi connectivity index (χ1v) is 11.0. The Hall–Kier alpha value is -2.12. The van der Waals surface area contributed by atoms with E-state index in [1.165, 1.54) is 10.4 Å². The molecule has 3 aromatic heterocycles. The second-order valence-corrected chi connectivity index (χ2v) is 8.97. The van der Waals surface area contributed by atoms with Crippen molar-refractivity contribution >= 4 is 44.4 Å². The van der Waals surface area contributed by atoms with Gasteiger partial charge in [0.25, 0.3) is 5.56 Å². The van der Waals surface area contributed by atoms with E-state index in [-0.39, 0.29) is 5.56 Å². The molecular weight excluding hydrogens is 378 g/mol. The second-order valence-electron chi connectivity index (χ2n) is 6.82. The third-order valence-corrected chi connectivity index (χ3v) is 7.31. The van der Waals surface area contributed by atoms with Crippen LogP contribution < -0.4 is 5.56 Å². The zero-order chi connectivity index (χ0) is 18.4. The van der Waals surface area contributed by atoms with Crippen LogP contribution in [0, 0.1) is 0 Å². The standard InChI is InChI=1S/C20H19N3O2S2/c1-23-19(24)17-12-6-4-9-15(12)27-18(17)22-20(23)26-11-5-10-16-21-13-7-2-3-8-14(13)25-16/h2-3,7-8H,4-6,9-11H2,1H3. The normalized spacial score (nSPS) is 13.7. The van der Waals surface area contributed by atoms with Crippen molar-refractivity contribution in [3.05, 3.63) is 51.0 Å². The summed E-state index contributed by atoms with van der Waals surface area (Å²) in [5, 5.41) is 1.65. The lowest BCUT2D eigenvalue weighted by atomic mass is 10.2. The summed E-state index contributed by atoms with van der Waals surface area (Å²) in [6.45, 7) is 0. The molecule has 1 aliphatic rings. The van der Waals surface area contributed by atoms with Crippen molar-refractivity contribution in [1.82, 2.24) is 14.5 Å². The van der Waals surface area contributed by atoms with Gasteiger partial charge in [0.05, 0.1) is 5.39 Å². The van der Waals surface area contributed by atoms with Gasteiger partial charge in [0.2, 0.25) is 0 Å². The molecule has 0 spiro atoms. The Balaban J connectivity index is 1.30. The number of rotatable bonds is 5. The lowest BCUT2D eigenvalue weighted by molar-refractivity contribution is 0.526. The number of oxazole rings is 1. The fourth-order valence-electron chi connectivity index (χ4n) is 3.65. The van der Waals surface area contributed by atoms with E-state index in [0.29, 0.717) is 0 Å². The Morgan fingerprint density at radius 2 is 2.15 bits per heavy atom. The van der Waals surface area contributed by atoms with Gasteiger partial charge < -0.3 is 4.42 Å². The molecule has 5 nitrogen and oxygen atoms in total. The molecule has 4 aromatic rings. The van der Waals surface area contributed by atoms with Crippen LogP contribution in [-0.4, -0.2) is 20.3 Å². The summed E-state index contributed by atoms with van der Waals surface area (Å²) in [4.78, 5) is 24.4. The maximum atomic E-state index is 12.8. The molecule has 0 saturated carbocycles. The van der Waals surface area contributed by atoms with Gasteiger partial charge in [-0.15, -0.1) is 11.3 Å². The van der Waals surface area contributed by atoms with Crippen LogP contribution in [0.2, 0.25) is 0 Å². The number of aryl methyl sites for hydroxylation is 3. The number of fused-ring (bicyclic) bond motifs is 4. The topological polar surface area (TPSA) is 60.9 Å². The summed E-state index contributed by atoms with van der Waals surface area (Å²) in [7, 11) is 1.83. The number of benzene rings is 1. The molecule has 0 amide bonds. The Morgan fingerprint density at radius 1 is 1.26 bits per heavy atom. The Kier molecular flexibility index (Phi) is 4.28. The van der Waals surface area contributed by atoms with E-state index < -0.39 is 0 Å². The zero-order valence-corrected chi connectivity index (χ0v) is 16.7. The van der Waals surface area contributed by atoms with Crippen LogP contribution >= 0.6 is 23.1 Å². The average Bonchev–Trinajstić information content (AvgIpc) is 3.35. The van der Waals surface area contributed by atoms with Crippen LogP contribution in [-0.2, 0) is 26.3 Å². The van der Waals surface area contributed by atoms with Crippen molar-refractivity contribution in [1.29, 1.82) is 0 Å². The minimum Gasteiger partial charge on any atom is -0.441 e. The summed E-state index contributed by atoms with van der Waals surface area (Å²) in [5.74, 6) is 1.64. The van der Waals surface area contributed by atoms with E-state index in [9.17, 15) is 4.79 Å². The highest BCUT2D eigenvalue weighted by molar-refractivity contribution is 7.99.